The lowest BCUT2D eigenvalue weighted by molar-refractivity contribution is -0.100. The van der Waals surface area contributed by atoms with Crippen molar-refractivity contribution in [3.8, 4) is 0 Å². The summed E-state index contributed by atoms with van der Waals surface area (Å²) < 4.78 is 0. The van der Waals surface area contributed by atoms with Crippen LogP contribution in [0.15, 0.2) is 0 Å². The molecule has 3 saturated carbocycles. The van der Waals surface area contributed by atoms with Crippen molar-refractivity contribution in [1.82, 2.24) is 0 Å². The summed E-state index contributed by atoms with van der Waals surface area (Å²) in [4.78, 5) is 0. The zero-order valence-electron chi connectivity index (χ0n) is 11.9. The van der Waals surface area contributed by atoms with E-state index in [1.807, 2.05) is 0 Å². The van der Waals surface area contributed by atoms with Crippen LogP contribution in [-0.2, 0) is 0 Å². The molecule has 5 unspecified atom stereocenters. The average Bonchev–Trinajstić information content (AvgIpc) is 2.68. The largest absolute Gasteiger partial charge is 0.392 e. The Bertz CT molecular complexity index is 334. The summed E-state index contributed by atoms with van der Waals surface area (Å²) in [5.74, 6) is 1.35. The number of fused-ring (bicyclic) bond motifs is 1. The highest BCUT2D eigenvalue weighted by atomic mass is 16.3. The molecule has 0 aromatic heterocycles. The zero-order valence-corrected chi connectivity index (χ0v) is 11.9. The van der Waals surface area contributed by atoms with Gasteiger partial charge in [0, 0.05) is 0 Å². The van der Waals surface area contributed by atoms with Gasteiger partial charge in [-0.25, -0.2) is 0 Å². The monoisotopic (exact) mass is 236 g/mol. The fourth-order valence-corrected chi connectivity index (χ4v) is 6.03. The van der Waals surface area contributed by atoms with E-state index >= 15 is 0 Å². The van der Waals surface area contributed by atoms with Gasteiger partial charge < -0.3 is 5.11 Å². The summed E-state index contributed by atoms with van der Waals surface area (Å²) in [5.41, 5.74) is 1.12. The van der Waals surface area contributed by atoms with Gasteiger partial charge in [0.15, 0.2) is 0 Å². The molecule has 1 nitrogen and oxygen atoms in total. The molecule has 0 aromatic rings. The summed E-state index contributed by atoms with van der Waals surface area (Å²) in [5, 5.41) is 10.8. The van der Waals surface area contributed by atoms with Crippen molar-refractivity contribution in [1.29, 1.82) is 0 Å². The second-order valence-corrected chi connectivity index (χ2v) is 7.98. The maximum absolute atomic E-state index is 10.8. The van der Waals surface area contributed by atoms with Crippen LogP contribution < -0.4 is 0 Å². The van der Waals surface area contributed by atoms with Crippen molar-refractivity contribution in [2.75, 3.05) is 0 Å². The Labute approximate surface area is 106 Å². The van der Waals surface area contributed by atoms with Gasteiger partial charge in [-0.1, -0.05) is 40.5 Å². The lowest BCUT2D eigenvalue weighted by Crippen LogP contribution is -2.50. The van der Waals surface area contributed by atoms with Crippen molar-refractivity contribution in [3.05, 3.63) is 0 Å². The molecule has 17 heavy (non-hydrogen) atoms. The first-order chi connectivity index (χ1) is 7.87. The molecule has 0 radical (unpaired) electrons. The average molecular weight is 236 g/mol. The summed E-state index contributed by atoms with van der Waals surface area (Å²) in [6, 6.07) is 0. The van der Waals surface area contributed by atoms with E-state index in [0.717, 1.165) is 5.92 Å². The van der Waals surface area contributed by atoms with Gasteiger partial charge in [0.1, 0.15) is 0 Å². The molecule has 1 N–H and O–H groups in total. The minimum absolute atomic E-state index is 0.0271. The van der Waals surface area contributed by atoms with Gasteiger partial charge in [0.05, 0.1) is 6.10 Å². The highest BCUT2D eigenvalue weighted by Crippen LogP contribution is 2.75. The van der Waals surface area contributed by atoms with Gasteiger partial charge in [-0.3, -0.25) is 0 Å². The fraction of sp³-hybridized carbons (Fsp3) is 1.00. The van der Waals surface area contributed by atoms with Gasteiger partial charge in [0.25, 0.3) is 0 Å². The molecule has 3 rings (SSSR count). The minimum atomic E-state index is -0.0271. The van der Waals surface area contributed by atoms with Gasteiger partial charge in [-0.15, -0.1) is 0 Å². The normalized spacial score (nSPS) is 55.9. The summed E-state index contributed by atoms with van der Waals surface area (Å²) >= 11 is 0. The highest BCUT2D eigenvalue weighted by molar-refractivity contribution is 5.20. The maximum atomic E-state index is 10.8. The molecule has 1 spiro atoms. The molecule has 0 heterocycles. The van der Waals surface area contributed by atoms with Crippen LogP contribution >= 0.6 is 0 Å². The number of aliphatic hydroxyl groups is 1. The Morgan fingerprint density at radius 3 is 2.59 bits per heavy atom. The van der Waals surface area contributed by atoms with Crippen LogP contribution in [0.25, 0.3) is 0 Å². The summed E-state index contributed by atoms with van der Waals surface area (Å²) in [7, 11) is 0. The van der Waals surface area contributed by atoms with Gasteiger partial charge in [0.2, 0.25) is 0 Å². The van der Waals surface area contributed by atoms with Gasteiger partial charge in [-0.05, 0) is 53.8 Å². The molecule has 3 aliphatic carbocycles. The van der Waals surface area contributed by atoms with Crippen molar-refractivity contribution < 1.29 is 5.11 Å². The smallest absolute Gasteiger partial charge is 0.0630 e. The summed E-state index contributed by atoms with van der Waals surface area (Å²) in [6.07, 6.45) is 7.85. The van der Waals surface area contributed by atoms with Crippen molar-refractivity contribution in [3.63, 3.8) is 0 Å². The highest BCUT2D eigenvalue weighted by Gasteiger charge is 2.71. The first kappa shape index (κ1) is 12.0. The van der Waals surface area contributed by atoms with Gasteiger partial charge in [-0.2, -0.15) is 0 Å². The lowest BCUT2D eigenvalue weighted by atomic mass is 9.51. The van der Waals surface area contributed by atoms with E-state index in [9.17, 15) is 5.11 Å². The van der Waals surface area contributed by atoms with Crippen LogP contribution in [-0.4, -0.2) is 11.2 Å². The predicted octanol–water partition coefficient (Wildman–Crippen LogP) is 4.00. The quantitative estimate of drug-likeness (QED) is 0.729. The second kappa shape index (κ2) is 3.29. The van der Waals surface area contributed by atoms with Crippen LogP contribution in [0.4, 0.5) is 0 Å². The van der Waals surface area contributed by atoms with Crippen LogP contribution in [0, 0.1) is 28.1 Å². The molecular weight excluding hydrogens is 208 g/mol. The SMILES string of the molecule is CCC1CC23CC1(C)C(O)C2CCCC3(C)C. The second-order valence-electron chi connectivity index (χ2n) is 7.98. The van der Waals surface area contributed by atoms with Crippen LogP contribution in [0.2, 0.25) is 0 Å². The third-order valence-corrected chi connectivity index (χ3v) is 7.16. The molecule has 3 fully saturated rings. The number of rotatable bonds is 1. The molecule has 0 saturated heterocycles. The van der Waals surface area contributed by atoms with E-state index < -0.39 is 0 Å². The van der Waals surface area contributed by atoms with Crippen LogP contribution in [0.1, 0.15) is 66.2 Å². The maximum Gasteiger partial charge on any atom is 0.0630 e. The number of hydrogen-bond donors (Lipinski definition) is 1. The molecule has 2 bridgehead atoms. The molecular formula is C16H28O. The Kier molecular flexibility index (Phi) is 2.32. The predicted molar refractivity (Wildman–Crippen MR) is 70.7 cm³/mol. The van der Waals surface area contributed by atoms with E-state index in [4.69, 9.17) is 0 Å². The lowest BCUT2D eigenvalue weighted by Gasteiger charge is -2.54. The van der Waals surface area contributed by atoms with E-state index in [-0.39, 0.29) is 11.5 Å². The minimum Gasteiger partial charge on any atom is -0.392 e. The Balaban J connectivity index is 2.06. The van der Waals surface area contributed by atoms with Crippen molar-refractivity contribution >= 4 is 0 Å². The standard InChI is InChI=1S/C16H28O/c1-5-11-9-16-10-15(11,4)13(17)12(16)7-6-8-14(16,2)3/h11-13,17H,5-10H2,1-4H3. The van der Waals surface area contributed by atoms with Crippen molar-refractivity contribution in [2.24, 2.45) is 28.1 Å². The van der Waals surface area contributed by atoms with E-state index in [1.165, 1.54) is 38.5 Å². The molecule has 0 amide bonds. The molecule has 98 valence electrons. The topological polar surface area (TPSA) is 20.2 Å². The first-order valence-electron chi connectivity index (χ1n) is 7.55. The summed E-state index contributed by atoms with van der Waals surface area (Å²) in [6.45, 7) is 9.62. The molecule has 3 aliphatic rings. The third-order valence-electron chi connectivity index (χ3n) is 7.16. The van der Waals surface area contributed by atoms with Gasteiger partial charge >= 0.3 is 0 Å². The molecule has 1 heteroatoms. The van der Waals surface area contributed by atoms with E-state index in [2.05, 4.69) is 27.7 Å². The fourth-order valence-electron chi connectivity index (χ4n) is 6.03. The number of hydrogen-bond acceptors (Lipinski definition) is 1. The zero-order chi connectivity index (χ0) is 12.5. The molecule has 0 aliphatic heterocycles. The molecule has 0 aromatic carbocycles. The Hall–Kier alpha value is -0.0400. The van der Waals surface area contributed by atoms with Crippen LogP contribution in [0.3, 0.4) is 0 Å². The van der Waals surface area contributed by atoms with Crippen LogP contribution in [0.5, 0.6) is 0 Å². The molecule has 5 atom stereocenters. The van der Waals surface area contributed by atoms with E-state index in [0.29, 0.717) is 16.7 Å². The van der Waals surface area contributed by atoms with E-state index in [1.54, 1.807) is 0 Å². The third kappa shape index (κ3) is 1.20. The first-order valence-corrected chi connectivity index (χ1v) is 7.55. The van der Waals surface area contributed by atoms with Crippen molar-refractivity contribution in [2.45, 2.75) is 72.3 Å². The number of aliphatic hydroxyl groups excluding tert-OH is 1. The Morgan fingerprint density at radius 1 is 1.24 bits per heavy atom. The Morgan fingerprint density at radius 2 is 1.94 bits per heavy atom.